The Kier molecular flexibility index (Phi) is 6.91. The number of carbonyl (C=O) groups is 1. The van der Waals surface area contributed by atoms with Gasteiger partial charge in [0.2, 0.25) is 0 Å². The molecule has 6 nitrogen and oxygen atoms in total. The Hall–Kier alpha value is -0.860. The van der Waals surface area contributed by atoms with Gasteiger partial charge in [-0.1, -0.05) is 11.6 Å². The van der Waals surface area contributed by atoms with Gasteiger partial charge in [0.15, 0.2) is 0 Å². The Morgan fingerprint density at radius 2 is 2.18 bits per heavy atom. The van der Waals surface area contributed by atoms with Gasteiger partial charge in [-0.3, -0.25) is 0 Å². The Morgan fingerprint density at radius 1 is 1.41 bits per heavy atom. The number of nitrogens with one attached hydrogen (secondary N) is 2. The fourth-order valence-electron chi connectivity index (χ4n) is 2.30. The first-order chi connectivity index (χ1) is 10.6. The second kappa shape index (κ2) is 8.69. The van der Waals surface area contributed by atoms with Crippen molar-refractivity contribution in [2.24, 2.45) is 0 Å². The van der Waals surface area contributed by atoms with Crippen molar-refractivity contribution in [2.45, 2.75) is 25.0 Å². The molecule has 3 N–H and O–H groups in total. The van der Waals surface area contributed by atoms with Gasteiger partial charge >= 0.3 is 6.03 Å². The summed E-state index contributed by atoms with van der Waals surface area (Å²) >= 11 is 7.29. The van der Waals surface area contributed by atoms with Crippen LogP contribution in [-0.4, -0.2) is 49.7 Å². The maximum atomic E-state index is 11.9. The topological polar surface area (TPSA) is 79.8 Å². The Balaban J connectivity index is 1.76. The maximum Gasteiger partial charge on any atom is 0.315 e. The van der Waals surface area contributed by atoms with Crippen LogP contribution in [0.3, 0.4) is 0 Å². The fraction of sp³-hybridized carbons (Fsp3) is 0.643. The number of aliphatic hydroxyl groups excluding tert-OH is 1. The standard InChI is InChI=1S/C14H21ClN2O4S/c15-12-2-1-11(22-12)9-16-13(19)17-10-14(21-8-5-18)3-6-20-7-4-14/h1-2,18H,3-10H2,(H2,16,17,19). The molecule has 1 aromatic heterocycles. The number of amides is 2. The van der Waals surface area contributed by atoms with E-state index in [4.69, 9.17) is 26.2 Å². The molecule has 0 saturated carbocycles. The average Bonchev–Trinajstić information content (AvgIpc) is 2.96. The van der Waals surface area contributed by atoms with Gasteiger partial charge in [0.05, 0.1) is 29.7 Å². The Bertz CT molecular complexity index is 477. The van der Waals surface area contributed by atoms with Crippen LogP contribution in [0.1, 0.15) is 17.7 Å². The maximum absolute atomic E-state index is 11.9. The molecule has 1 aromatic rings. The molecule has 124 valence electrons. The number of hydrogen-bond acceptors (Lipinski definition) is 5. The molecule has 0 spiro atoms. The predicted octanol–water partition coefficient (Wildman–Crippen LogP) is 1.76. The zero-order chi connectivity index (χ0) is 15.8. The van der Waals surface area contributed by atoms with Crippen molar-refractivity contribution in [3.63, 3.8) is 0 Å². The van der Waals surface area contributed by atoms with Gasteiger partial charge in [-0.2, -0.15) is 0 Å². The smallest absolute Gasteiger partial charge is 0.315 e. The van der Waals surface area contributed by atoms with Crippen molar-refractivity contribution in [3.05, 3.63) is 21.3 Å². The number of thiophene rings is 1. The highest BCUT2D eigenvalue weighted by Crippen LogP contribution is 2.24. The number of ether oxygens (including phenoxy) is 2. The fourth-order valence-corrected chi connectivity index (χ4v) is 3.32. The number of rotatable bonds is 7. The van der Waals surface area contributed by atoms with E-state index in [0.29, 0.717) is 43.5 Å². The van der Waals surface area contributed by atoms with E-state index in [1.165, 1.54) is 11.3 Å². The monoisotopic (exact) mass is 348 g/mol. The van der Waals surface area contributed by atoms with E-state index >= 15 is 0 Å². The first-order valence-corrected chi connectivity index (χ1v) is 8.41. The van der Waals surface area contributed by atoms with Gasteiger partial charge in [-0.15, -0.1) is 11.3 Å². The summed E-state index contributed by atoms with van der Waals surface area (Å²) in [6.45, 7) is 2.26. The Labute approximate surface area is 138 Å². The summed E-state index contributed by atoms with van der Waals surface area (Å²) in [5, 5.41) is 14.6. The van der Waals surface area contributed by atoms with Crippen LogP contribution in [-0.2, 0) is 16.0 Å². The van der Waals surface area contributed by atoms with Crippen LogP contribution in [0.2, 0.25) is 4.34 Å². The molecule has 2 heterocycles. The van der Waals surface area contributed by atoms with E-state index in [2.05, 4.69) is 10.6 Å². The zero-order valence-corrected chi connectivity index (χ0v) is 13.8. The molecule has 2 rings (SSSR count). The quantitative estimate of drug-likeness (QED) is 0.701. The third-order valence-corrected chi connectivity index (χ3v) is 4.76. The van der Waals surface area contributed by atoms with E-state index in [0.717, 1.165) is 4.88 Å². The third-order valence-electron chi connectivity index (χ3n) is 3.53. The molecule has 0 bridgehead atoms. The molecule has 0 aromatic carbocycles. The molecular formula is C14H21ClN2O4S. The summed E-state index contributed by atoms with van der Waals surface area (Å²) < 4.78 is 11.8. The molecule has 1 aliphatic rings. The molecule has 8 heteroatoms. The lowest BCUT2D eigenvalue weighted by Crippen LogP contribution is -2.51. The summed E-state index contributed by atoms with van der Waals surface area (Å²) in [7, 11) is 0. The molecule has 22 heavy (non-hydrogen) atoms. The SMILES string of the molecule is O=C(NCc1ccc(Cl)s1)NCC1(OCCO)CCOCC1. The highest BCUT2D eigenvalue weighted by atomic mass is 35.5. The van der Waals surface area contributed by atoms with E-state index < -0.39 is 5.60 Å². The zero-order valence-electron chi connectivity index (χ0n) is 12.3. The van der Waals surface area contributed by atoms with Crippen LogP contribution in [0.5, 0.6) is 0 Å². The molecule has 1 saturated heterocycles. The number of aliphatic hydroxyl groups is 1. The Morgan fingerprint density at radius 3 is 2.82 bits per heavy atom. The van der Waals surface area contributed by atoms with E-state index in [9.17, 15) is 4.79 Å². The number of carbonyl (C=O) groups excluding carboxylic acids is 1. The summed E-state index contributed by atoms with van der Waals surface area (Å²) in [5.41, 5.74) is -0.454. The van der Waals surface area contributed by atoms with Crippen molar-refractivity contribution in [2.75, 3.05) is 33.0 Å². The summed E-state index contributed by atoms with van der Waals surface area (Å²) in [5.74, 6) is 0. The van der Waals surface area contributed by atoms with Gasteiger partial charge in [0.1, 0.15) is 0 Å². The van der Waals surface area contributed by atoms with Crippen LogP contribution < -0.4 is 10.6 Å². The van der Waals surface area contributed by atoms with Crippen LogP contribution in [0.4, 0.5) is 4.79 Å². The summed E-state index contributed by atoms with van der Waals surface area (Å²) in [6, 6.07) is 3.45. The van der Waals surface area contributed by atoms with Crippen LogP contribution in [0.15, 0.2) is 12.1 Å². The van der Waals surface area contributed by atoms with E-state index in [1.54, 1.807) is 6.07 Å². The molecular weight excluding hydrogens is 328 g/mol. The van der Waals surface area contributed by atoms with Gasteiger partial charge in [0.25, 0.3) is 0 Å². The minimum absolute atomic E-state index is 0.0338. The second-order valence-electron chi connectivity index (χ2n) is 5.11. The normalized spacial score (nSPS) is 17.2. The van der Waals surface area contributed by atoms with Gasteiger partial charge in [-0.25, -0.2) is 4.79 Å². The minimum atomic E-state index is -0.454. The van der Waals surface area contributed by atoms with Gasteiger partial charge in [0, 0.05) is 37.5 Å². The highest BCUT2D eigenvalue weighted by Gasteiger charge is 2.33. The first kappa shape index (κ1) is 17.5. The average molecular weight is 349 g/mol. The number of hydrogen-bond donors (Lipinski definition) is 3. The second-order valence-corrected chi connectivity index (χ2v) is 6.91. The molecule has 0 atom stereocenters. The number of halogens is 1. The third kappa shape index (κ3) is 5.40. The van der Waals surface area contributed by atoms with Crippen molar-refractivity contribution in [1.29, 1.82) is 0 Å². The number of urea groups is 1. The van der Waals surface area contributed by atoms with Crippen LogP contribution in [0, 0.1) is 0 Å². The van der Waals surface area contributed by atoms with Crippen LogP contribution >= 0.6 is 22.9 Å². The summed E-state index contributed by atoms with van der Waals surface area (Å²) in [6.07, 6.45) is 1.40. The molecule has 1 fully saturated rings. The first-order valence-electron chi connectivity index (χ1n) is 7.22. The van der Waals surface area contributed by atoms with Crippen molar-refractivity contribution >= 4 is 29.0 Å². The van der Waals surface area contributed by atoms with Crippen molar-refractivity contribution in [3.8, 4) is 0 Å². The molecule has 2 amide bonds. The summed E-state index contributed by atoms with van der Waals surface area (Å²) in [4.78, 5) is 12.9. The lowest BCUT2D eigenvalue weighted by atomic mass is 9.94. The van der Waals surface area contributed by atoms with Crippen molar-refractivity contribution < 1.29 is 19.4 Å². The highest BCUT2D eigenvalue weighted by molar-refractivity contribution is 7.16. The molecule has 0 aliphatic carbocycles. The lowest BCUT2D eigenvalue weighted by molar-refractivity contribution is -0.114. The molecule has 1 aliphatic heterocycles. The van der Waals surface area contributed by atoms with Gasteiger partial charge in [-0.05, 0) is 12.1 Å². The van der Waals surface area contributed by atoms with Crippen LogP contribution in [0.25, 0.3) is 0 Å². The lowest BCUT2D eigenvalue weighted by Gasteiger charge is -2.37. The van der Waals surface area contributed by atoms with E-state index in [-0.39, 0.29) is 19.2 Å². The van der Waals surface area contributed by atoms with E-state index in [1.807, 2.05) is 6.07 Å². The minimum Gasteiger partial charge on any atom is -0.394 e. The predicted molar refractivity (Wildman–Crippen MR) is 85.4 cm³/mol. The largest absolute Gasteiger partial charge is 0.394 e. The van der Waals surface area contributed by atoms with Gasteiger partial charge < -0.3 is 25.2 Å². The van der Waals surface area contributed by atoms with Crippen molar-refractivity contribution in [1.82, 2.24) is 10.6 Å². The molecule has 0 unspecified atom stereocenters. The molecule has 0 radical (unpaired) electrons.